The summed E-state index contributed by atoms with van der Waals surface area (Å²) in [6.45, 7) is 0. The number of hydrogen-bond donors (Lipinski definition) is 0. The van der Waals surface area contributed by atoms with Crippen molar-refractivity contribution in [2.45, 2.75) is 6.42 Å². The standard InChI is InChI=1S/C14H9Br2FO/c15-10-4-5-12(13(16)8-10)14(18)7-9-2-1-3-11(17)6-9/h1-6,8H,7H2. The van der Waals surface area contributed by atoms with Crippen LogP contribution >= 0.6 is 31.9 Å². The summed E-state index contributed by atoms with van der Waals surface area (Å²) in [4.78, 5) is 12.1. The number of carbonyl (C=O) groups is 1. The normalized spacial score (nSPS) is 10.4. The molecule has 18 heavy (non-hydrogen) atoms. The lowest BCUT2D eigenvalue weighted by Crippen LogP contribution is -2.04. The lowest BCUT2D eigenvalue weighted by Gasteiger charge is -2.05. The number of halogens is 3. The van der Waals surface area contributed by atoms with E-state index in [4.69, 9.17) is 0 Å². The molecule has 0 heterocycles. The van der Waals surface area contributed by atoms with Crippen LogP contribution in [0.3, 0.4) is 0 Å². The molecule has 0 radical (unpaired) electrons. The van der Waals surface area contributed by atoms with Crippen LogP contribution < -0.4 is 0 Å². The van der Waals surface area contributed by atoms with Gasteiger partial charge in [-0.3, -0.25) is 4.79 Å². The lowest BCUT2D eigenvalue weighted by molar-refractivity contribution is 0.0992. The van der Waals surface area contributed by atoms with Crippen LogP contribution in [0.25, 0.3) is 0 Å². The zero-order valence-electron chi connectivity index (χ0n) is 9.29. The highest BCUT2D eigenvalue weighted by atomic mass is 79.9. The Bertz CT molecular complexity index is 596. The van der Waals surface area contributed by atoms with Crippen LogP contribution in [0, 0.1) is 5.82 Å². The first-order chi connectivity index (χ1) is 8.56. The fourth-order valence-corrected chi connectivity index (χ4v) is 2.91. The second-order valence-corrected chi connectivity index (χ2v) is 5.62. The van der Waals surface area contributed by atoms with Crippen molar-refractivity contribution in [2.24, 2.45) is 0 Å². The van der Waals surface area contributed by atoms with Crippen LogP contribution in [-0.4, -0.2) is 5.78 Å². The molecule has 0 bridgehead atoms. The van der Waals surface area contributed by atoms with Gasteiger partial charge in [0.15, 0.2) is 5.78 Å². The second kappa shape index (κ2) is 5.76. The maximum Gasteiger partial charge on any atom is 0.168 e. The van der Waals surface area contributed by atoms with Gasteiger partial charge in [0.05, 0.1) is 0 Å². The Balaban J connectivity index is 2.22. The Kier molecular flexibility index (Phi) is 4.30. The molecule has 0 saturated heterocycles. The molecule has 0 fully saturated rings. The van der Waals surface area contributed by atoms with Crippen molar-refractivity contribution in [2.75, 3.05) is 0 Å². The summed E-state index contributed by atoms with van der Waals surface area (Å²) in [6.07, 6.45) is 0.192. The summed E-state index contributed by atoms with van der Waals surface area (Å²) in [6, 6.07) is 11.5. The van der Waals surface area contributed by atoms with Crippen LogP contribution in [0.1, 0.15) is 15.9 Å². The van der Waals surface area contributed by atoms with Gasteiger partial charge in [0.25, 0.3) is 0 Å². The van der Waals surface area contributed by atoms with Gasteiger partial charge in [0, 0.05) is 20.9 Å². The van der Waals surface area contributed by atoms with E-state index in [-0.39, 0.29) is 18.0 Å². The maximum absolute atomic E-state index is 13.0. The van der Waals surface area contributed by atoms with E-state index >= 15 is 0 Å². The second-order valence-electron chi connectivity index (χ2n) is 3.85. The summed E-state index contributed by atoms with van der Waals surface area (Å²) < 4.78 is 14.7. The highest BCUT2D eigenvalue weighted by Crippen LogP contribution is 2.23. The summed E-state index contributed by atoms with van der Waals surface area (Å²) in [5, 5.41) is 0. The van der Waals surface area contributed by atoms with Crippen molar-refractivity contribution in [3.8, 4) is 0 Å². The highest BCUT2D eigenvalue weighted by molar-refractivity contribution is 9.11. The molecule has 4 heteroatoms. The molecule has 0 aliphatic rings. The molecule has 92 valence electrons. The van der Waals surface area contributed by atoms with Crippen LogP contribution in [0.15, 0.2) is 51.4 Å². The van der Waals surface area contributed by atoms with Crippen LogP contribution in [0.4, 0.5) is 4.39 Å². The molecule has 2 aromatic rings. The molecule has 1 nitrogen and oxygen atoms in total. The summed E-state index contributed by atoms with van der Waals surface area (Å²) in [7, 11) is 0. The van der Waals surface area contributed by atoms with Gasteiger partial charge in [-0.15, -0.1) is 0 Å². The fourth-order valence-electron chi connectivity index (χ4n) is 1.64. The molecule has 0 aromatic heterocycles. The molecule has 0 aliphatic heterocycles. The minimum atomic E-state index is -0.324. The Hall–Kier alpha value is -1.000. The van der Waals surface area contributed by atoms with Gasteiger partial charge in [-0.25, -0.2) is 4.39 Å². The van der Waals surface area contributed by atoms with Gasteiger partial charge in [0.1, 0.15) is 5.82 Å². The number of ketones is 1. The van der Waals surface area contributed by atoms with Crippen LogP contribution in [-0.2, 0) is 6.42 Å². The van der Waals surface area contributed by atoms with E-state index in [1.54, 1.807) is 18.2 Å². The molecular formula is C14H9Br2FO. The molecule has 0 aliphatic carbocycles. The van der Waals surface area contributed by atoms with E-state index < -0.39 is 0 Å². The van der Waals surface area contributed by atoms with Crippen molar-refractivity contribution < 1.29 is 9.18 Å². The quantitative estimate of drug-likeness (QED) is 0.710. The van der Waals surface area contributed by atoms with E-state index in [2.05, 4.69) is 31.9 Å². The van der Waals surface area contributed by atoms with E-state index in [0.717, 1.165) is 8.95 Å². The van der Waals surface area contributed by atoms with Gasteiger partial charge >= 0.3 is 0 Å². The Morgan fingerprint density at radius 2 is 1.89 bits per heavy atom. The third-order valence-electron chi connectivity index (χ3n) is 2.49. The largest absolute Gasteiger partial charge is 0.294 e. The molecule has 2 rings (SSSR count). The number of hydrogen-bond acceptors (Lipinski definition) is 1. The number of rotatable bonds is 3. The molecule has 0 spiro atoms. The molecule has 0 unspecified atom stereocenters. The molecule has 0 amide bonds. The average molecular weight is 372 g/mol. The van der Waals surface area contributed by atoms with Crippen LogP contribution in [0.2, 0.25) is 0 Å². The number of Topliss-reactive ketones (excluding diaryl/α,β-unsaturated/α-hetero) is 1. The van der Waals surface area contributed by atoms with Crippen molar-refractivity contribution in [3.63, 3.8) is 0 Å². The average Bonchev–Trinajstić information content (AvgIpc) is 2.28. The van der Waals surface area contributed by atoms with E-state index in [1.807, 2.05) is 12.1 Å². The SMILES string of the molecule is O=C(Cc1cccc(F)c1)c1ccc(Br)cc1Br. The molecule has 2 aromatic carbocycles. The minimum Gasteiger partial charge on any atom is -0.294 e. The van der Waals surface area contributed by atoms with Gasteiger partial charge < -0.3 is 0 Å². The van der Waals surface area contributed by atoms with E-state index in [9.17, 15) is 9.18 Å². The molecular weight excluding hydrogens is 363 g/mol. The molecule has 0 atom stereocenters. The minimum absolute atomic E-state index is 0.0417. The van der Waals surface area contributed by atoms with E-state index in [0.29, 0.717) is 11.1 Å². The monoisotopic (exact) mass is 370 g/mol. The Labute approximate surface area is 121 Å². The Morgan fingerprint density at radius 3 is 2.56 bits per heavy atom. The zero-order valence-corrected chi connectivity index (χ0v) is 12.5. The molecule has 0 N–H and O–H groups in total. The zero-order chi connectivity index (χ0) is 13.1. The van der Waals surface area contributed by atoms with Crippen molar-refractivity contribution in [3.05, 3.63) is 68.4 Å². The number of benzene rings is 2. The first-order valence-electron chi connectivity index (χ1n) is 5.29. The first kappa shape index (κ1) is 13.4. The summed E-state index contributed by atoms with van der Waals surface area (Å²) in [5.74, 6) is -0.366. The van der Waals surface area contributed by atoms with Gasteiger partial charge in [-0.05, 0) is 35.9 Å². The van der Waals surface area contributed by atoms with Gasteiger partial charge in [-0.2, -0.15) is 0 Å². The fraction of sp³-hybridized carbons (Fsp3) is 0.0714. The third-order valence-corrected chi connectivity index (χ3v) is 3.63. The van der Waals surface area contributed by atoms with Crippen molar-refractivity contribution in [1.82, 2.24) is 0 Å². The van der Waals surface area contributed by atoms with E-state index in [1.165, 1.54) is 12.1 Å². The van der Waals surface area contributed by atoms with Gasteiger partial charge in [0.2, 0.25) is 0 Å². The van der Waals surface area contributed by atoms with Crippen LogP contribution in [0.5, 0.6) is 0 Å². The first-order valence-corrected chi connectivity index (χ1v) is 6.87. The summed E-state index contributed by atoms with van der Waals surface area (Å²) in [5.41, 5.74) is 1.28. The van der Waals surface area contributed by atoms with Gasteiger partial charge in [-0.1, -0.05) is 44.0 Å². The maximum atomic E-state index is 13.0. The van der Waals surface area contributed by atoms with Crippen molar-refractivity contribution in [1.29, 1.82) is 0 Å². The Morgan fingerprint density at radius 1 is 1.11 bits per heavy atom. The smallest absolute Gasteiger partial charge is 0.168 e. The third kappa shape index (κ3) is 3.27. The lowest BCUT2D eigenvalue weighted by atomic mass is 10.0. The topological polar surface area (TPSA) is 17.1 Å². The van der Waals surface area contributed by atoms with Crippen molar-refractivity contribution >= 4 is 37.6 Å². The summed E-state index contributed by atoms with van der Waals surface area (Å²) >= 11 is 6.68. The molecule has 0 saturated carbocycles. The predicted octanol–water partition coefficient (Wildman–Crippen LogP) is 4.78. The number of carbonyl (C=O) groups excluding carboxylic acids is 1. The highest BCUT2D eigenvalue weighted by Gasteiger charge is 2.11. The predicted molar refractivity (Wildman–Crippen MR) is 76.3 cm³/mol.